The molecule has 4 heterocycles. The molecule has 0 radical (unpaired) electrons. The number of fused-ring (bicyclic) bond motifs is 3. The normalized spacial score (nSPS) is 22.6. The Kier molecular flexibility index (Phi) is 6.32. The van der Waals surface area contributed by atoms with Crippen LogP contribution in [0.1, 0.15) is 53.6 Å². The Bertz CT molecular complexity index is 1260. The molecule has 2 aromatic carbocycles. The lowest BCUT2D eigenvalue weighted by Crippen LogP contribution is -2.52. The number of benzene rings is 2. The largest absolute Gasteiger partial charge is 0.493 e. The van der Waals surface area contributed by atoms with Crippen molar-refractivity contribution >= 4 is 29.3 Å². The second-order valence-electron chi connectivity index (χ2n) is 10.4. The van der Waals surface area contributed by atoms with E-state index in [1.54, 1.807) is 11.0 Å². The first-order valence-electron chi connectivity index (χ1n) is 13.0. The van der Waals surface area contributed by atoms with Crippen LogP contribution in [0.25, 0.3) is 0 Å². The predicted molar refractivity (Wildman–Crippen MR) is 137 cm³/mol. The number of carbonyl (C=O) groups is 3. The fourth-order valence-electron chi connectivity index (χ4n) is 6.12. The molecule has 0 saturated carbocycles. The smallest absolute Gasteiger partial charge is 0.255 e. The van der Waals surface area contributed by atoms with Gasteiger partial charge in [-0.3, -0.25) is 19.7 Å². The number of halogens is 1. The highest BCUT2D eigenvalue weighted by Crippen LogP contribution is 2.46. The van der Waals surface area contributed by atoms with Gasteiger partial charge in [-0.2, -0.15) is 0 Å². The molecule has 3 amide bonds. The molecular weight excluding hydrogens is 494 g/mol. The summed E-state index contributed by atoms with van der Waals surface area (Å²) in [6, 6.07) is 10.8. The van der Waals surface area contributed by atoms with Gasteiger partial charge in [0.05, 0.1) is 19.8 Å². The summed E-state index contributed by atoms with van der Waals surface area (Å²) in [5.41, 5.74) is 2.71. The van der Waals surface area contributed by atoms with E-state index in [2.05, 4.69) is 16.3 Å². The van der Waals surface area contributed by atoms with Crippen molar-refractivity contribution in [3.05, 3.63) is 58.1 Å². The Morgan fingerprint density at radius 2 is 1.97 bits per heavy atom. The van der Waals surface area contributed by atoms with E-state index >= 15 is 0 Å². The highest BCUT2D eigenvalue weighted by Gasteiger charge is 2.43. The number of nitrogens with zero attached hydrogens (tertiary/aromatic N) is 2. The molecule has 0 bridgehead atoms. The lowest BCUT2D eigenvalue weighted by atomic mass is 9.74. The molecule has 2 fully saturated rings. The van der Waals surface area contributed by atoms with Crippen LogP contribution in [0.4, 0.5) is 0 Å². The number of piperidine rings is 2. The molecular formula is C28H30ClN3O5. The summed E-state index contributed by atoms with van der Waals surface area (Å²) >= 11 is 6.26. The number of ether oxygens (including phenoxy) is 2. The zero-order valence-electron chi connectivity index (χ0n) is 20.6. The number of hydrogen-bond donors (Lipinski definition) is 1. The van der Waals surface area contributed by atoms with E-state index in [1.165, 1.54) is 5.56 Å². The van der Waals surface area contributed by atoms with Gasteiger partial charge in [-0.15, -0.1) is 0 Å². The van der Waals surface area contributed by atoms with Gasteiger partial charge in [0.15, 0.2) is 0 Å². The fraction of sp³-hybridized carbons (Fsp3) is 0.464. The Balaban J connectivity index is 1.01. The van der Waals surface area contributed by atoms with Crippen LogP contribution in [0, 0.1) is 0 Å². The maximum absolute atomic E-state index is 13.0. The Hall–Kier alpha value is -3.10. The van der Waals surface area contributed by atoms with Crippen molar-refractivity contribution in [3.8, 4) is 11.5 Å². The van der Waals surface area contributed by atoms with Crippen molar-refractivity contribution in [1.82, 2.24) is 15.1 Å². The highest BCUT2D eigenvalue weighted by molar-refractivity contribution is 6.30. The molecule has 1 N–H and O–H groups in total. The third kappa shape index (κ3) is 4.46. The van der Waals surface area contributed by atoms with Gasteiger partial charge in [-0.05, 0) is 69.1 Å². The molecule has 6 rings (SSSR count). The summed E-state index contributed by atoms with van der Waals surface area (Å²) in [6.07, 6.45) is 3.56. The predicted octanol–water partition coefficient (Wildman–Crippen LogP) is 3.30. The minimum atomic E-state index is -0.624. The first-order valence-corrected chi connectivity index (χ1v) is 13.4. The van der Waals surface area contributed by atoms with Crippen LogP contribution in [-0.2, 0) is 21.5 Å². The SMILES string of the molecule is O=C1CCC(N2Cc3c(OCCCN4CCC5(CC4)COc4ccc(Cl)cc45)cccc3C2=O)C(=O)N1. The van der Waals surface area contributed by atoms with Crippen LogP contribution in [0.2, 0.25) is 5.02 Å². The zero-order chi connectivity index (χ0) is 25.6. The topological polar surface area (TPSA) is 88.2 Å². The number of likely N-dealkylation sites (tertiary alicyclic amines) is 1. The average Bonchev–Trinajstić information content (AvgIpc) is 3.41. The second kappa shape index (κ2) is 9.65. The van der Waals surface area contributed by atoms with Crippen molar-refractivity contribution in [2.24, 2.45) is 0 Å². The van der Waals surface area contributed by atoms with Gasteiger partial charge in [0.2, 0.25) is 11.8 Å². The number of nitrogens with one attached hydrogen (secondary N) is 1. The third-order valence-electron chi connectivity index (χ3n) is 8.25. The molecule has 0 aliphatic carbocycles. The van der Waals surface area contributed by atoms with E-state index in [1.807, 2.05) is 24.3 Å². The monoisotopic (exact) mass is 523 g/mol. The van der Waals surface area contributed by atoms with Crippen molar-refractivity contribution in [3.63, 3.8) is 0 Å². The van der Waals surface area contributed by atoms with E-state index in [-0.39, 0.29) is 23.7 Å². The Morgan fingerprint density at radius 1 is 1.14 bits per heavy atom. The molecule has 0 aromatic heterocycles. The molecule has 1 unspecified atom stereocenters. The summed E-state index contributed by atoms with van der Waals surface area (Å²) in [6.45, 7) is 4.55. The fourth-order valence-corrected chi connectivity index (χ4v) is 6.29. The molecule has 1 atom stereocenters. The van der Waals surface area contributed by atoms with E-state index in [9.17, 15) is 14.4 Å². The van der Waals surface area contributed by atoms with Crippen LogP contribution in [0.5, 0.6) is 11.5 Å². The van der Waals surface area contributed by atoms with Crippen LogP contribution >= 0.6 is 11.6 Å². The van der Waals surface area contributed by atoms with E-state index in [4.69, 9.17) is 21.1 Å². The van der Waals surface area contributed by atoms with Gasteiger partial charge in [0.1, 0.15) is 17.5 Å². The molecule has 2 saturated heterocycles. The van der Waals surface area contributed by atoms with E-state index in [0.717, 1.165) is 61.8 Å². The molecule has 4 aliphatic heterocycles. The third-order valence-corrected chi connectivity index (χ3v) is 8.48. The Morgan fingerprint density at radius 3 is 2.78 bits per heavy atom. The van der Waals surface area contributed by atoms with Gasteiger partial charge in [-0.1, -0.05) is 17.7 Å². The summed E-state index contributed by atoms with van der Waals surface area (Å²) in [5.74, 6) is 0.783. The molecule has 1 spiro atoms. The molecule has 37 heavy (non-hydrogen) atoms. The highest BCUT2D eigenvalue weighted by atomic mass is 35.5. The van der Waals surface area contributed by atoms with E-state index in [0.29, 0.717) is 30.9 Å². The van der Waals surface area contributed by atoms with Gasteiger partial charge >= 0.3 is 0 Å². The maximum atomic E-state index is 13.0. The van der Waals surface area contributed by atoms with Crippen molar-refractivity contribution < 1.29 is 23.9 Å². The summed E-state index contributed by atoms with van der Waals surface area (Å²) in [4.78, 5) is 40.9. The first-order chi connectivity index (χ1) is 17.9. The minimum absolute atomic E-state index is 0.0682. The van der Waals surface area contributed by atoms with Gasteiger partial charge in [0.25, 0.3) is 5.91 Å². The van der Waals surface area contributed by atoms with Crippen LogP contribution in [0.15, 0.2) is 36.4 Å². The van der Waals surface area contributed by atoms with Gasteiger partial charge in [0, 0.05) is 40.1 Å². The van der Waals surface area contributed by atoms with Crippen LogP contribution < -0.4 is 14.8 Å². The summed E-state index contributed by atoms with van der Waals surface area (Å²) in [5, 5.41) is 3.11. The number of amides is 3. The quantitative estimate of drug-likeness (QED) is 0.462. The van der Waals surface area contributed by atoms with Gasteiger partial charge in [-0.25, -0.2) is 0 Å². The average molecular weight is 524 g/mol. The van der Waals surface area contributed by atoms with Crippen molar-refractivity contribution in [1.29, 1.82) is 0 Å². The number of imide groups is 1. The minimum Gasteiger partial charge on any atom is -0.493 e. The van der Waals surface area contributed by atoms with Crippen LogP contribution in [0.3, 0.4) is 0 Å². The number of hydrogen-bond acceptors (Lipinski definition) is 6. The lowest BCUT2D eigenvalue weighted by Gasteiger charge is -2.38. The molecule has 8 nitrogen and oxygen atoms in total. The van der Waals surface area contributed by atoms with Gasteiger partial charge < -0.3 is 19.3 Å². The molecule has 194 valence electrons. The zero-order valence-corrected chi connectivity index (χ0v) is 21.4. The van der Waals surface area contributed by atoms with E-state index < -0.39 is 11.9 Å². The summed E-state index contributed by atoms with van der Waals surface area (Å²) < 4.78 is 12.1. The first kappa shape index (κ1) is 24.2. The second-order valence-corrected chi connectivity index (χ2v) is 10.9. The molecule has 9 heteroatoms. The number of rotatable bonds is 6. The molecule has 4 aliphatic rings. The maximum Gasteiger partial charge on any atom is 0.255 e. The van der Waals surface area contributed by atoms with Crippen LogP contribution in [-0.4, -0.2) is 66.4 Å². The Labute approximate surface area is 220 Å². The summed E-state index contributed by atoms with van der Waals surface area (Å²) in [7, 11) is 0. The number of carbonyl (C=O) groups excluding carboxylic acids is 3. The molecule has 2 aromatic rings. The van der Waals surface area contributed by atoms with Crippen molar-refractivity contribution in [2.75, 3.05) is 32.8 Å². The lowest BCUT2D eigenvalue weighted by molar-refractivity contribution is -0.136. The van der Waals surface area contributed by atoms with Crippen molar-refractivity contribution in [2.45, 2.75) is 50.1 Å². The standard InChI is InChI=1S/C28H30ClN3O5/c29-18-5-7-24-21(15-18)28(17-37-24)9-12-31(13-10-28)11-2-14-36-23-4-1-3-19-20(23)16-32(27(19)35)22-6-8-25(33)30-26(22)34/h1,3-5,7,15,22H,2,6,8-14,16-17H2,(H,30,33,34).